The van der Waals surface area contributed by atoms with Gasteiger partial charge in [-0.1, -0.05) is 29.8 Å². The van der Waals surface area contributed by atoms with Crippen LogP contribution in [0, 0.1) is 0 Å². The van der Waals surface area contributed by atoms with Crippen LogP contribution in [0.15, 0.2) is 42.7 Å². The lowest BCUT2D eigenvalue weighted by molar-refractivity contribution is 0.403. The van der Waals surface area contributed by atoms with Crippen LogP contribution in [0.25, 0.3) is 0 Å². The van der Waals surface area contributed by atoms with Crippen molar-refractivity contribution in [2.24, 2.45) is 0 Å². The highest BCUT2D eigenvalue weighted by Crippen LogP contribution is 2.32. The molecule has 94 valence electrons. The monoisotopic (exact) mass is 262 g/mol. The molecule has 1 atom stereocenters. The van der Waals surface area contributed by atoms with E-state index in [1.165, 1.54) is 0 Å². The molecule has 3 nitrogen and oxygen atoms in total. The Labute approximate surface area is 112 Å². The Hall–Kier alpha value is -1.58. The summed E-state index contributed by atoms with van der Waals surface area (Å²) in [5.41, 5.74) is 2.04. The molecule has 0 saturated carbocycles. The van der Waals surface area contributed by atoms with Crippen molar-refractivity contribution in [2.45, 2.75) is 6.04 Å². The van der Waals surface area contributed by atoms with Gasteiger partial charge in [0, 0.05) is 16.8 Å². The standard InChI is InChI=1S/C14H15ClN2O/c1-16-14(10-5-3-4-6-12(10)15)11-7-8-17-9-13(11)18-2/h3-9,14,16H,1-2H3. The minimum atomic E-state index is -0.0170. The fourth-order valence-electron chi connectivity index (χ4n) is 1.99. The van der Waals surface area contributed by atoms with Crippen LogP contribution < -0.4 is 10.1 Å². The van der Waals surface area contributed by atoms with E-state index < -0.39 is 0 Å². The summed E-state index contributed by atoms with van der Waals surface area (Å²) < 4.78 is 5.34. The molecule has 0 amide bonds. The molecule has 0 radical (unpaired) electrons. The molecule has 0 aliphatic carbocycles. The van der Waals surface area contributed by atoms with Crippen LogP contribution in [-0.2, 0) is 0 Å². The lowest BCUT2D eigenvalue weighted by Gasteiger charge is -2.20. The average molecular weight is 263 g/mol. The molecule has 1 aromatic carbocycles. The average Bonchev–Trinajstić information content (AvgIpc) is 2.42. The molecule has 1 N–H and O–H groups in total. The Kier molecular flexibility index (Phi) is 4.18. The van der Waals surface area contributed by atoms with Crippen LogP contribution in [0.2, 0.25) is 5.02 Å². The fourth-order valence-corrected chi connectivity index (χ4v) is 2.23. The van der Waals surface area contributed by atoms with Crippen molar-refractivity contribution < 1.29 is 4.74 Å². The van der Waals surface area contributed by atoms with E-state index in [1.807, 2.05) is 37.4 Å². The van der Waals surface area contributed by atoms with Gasteiger partial charge in [0.2, 0.25) is 0 Å². The van der Waals surface area contributed by atoms with Crippen molar-refractivity contribution in [3.63, 3.8) is 0 Å². The smallest absolute Gasteiger partial charge is 0.142 e. The molecule has 1 heterocycles. The molecule has 1 unspecified atom stereocenters. The van der Waals surface area contributed by atoms with Gasteiger partial charge in [-0.25, -0.2) is 0 Å². The zero-order valence-electron chi connectivity index (χ0n) is 10.4. The Morgan fingerprint density at radius 2 is 2.00 bits per heavy atom. The Morgan fingerprint density at radius 3 is 2.67 bits per heavy atom. The molecule has 0 bridgehead atoms. The first-order valence-electron chi connectivity index (χ1n) is 5.67. The third-order valence-corrected chi connectivity index (χ3v) is 3.20. The third-order valence-electron chi connectivity index (χ3n) is 2.85. The first kappa shape index (κ1) is 12.9. The van der Waals surface area contributed by atoms with Gasteiger partial charge in [0.05, 0.1) is 19.3 Å². The summed E-state index contributed by atoms with van der Waals surface area (Å²) in [5.74, 6) is 0.747. The van der Waals surface area contributed by atoms with Crippen LogP contribution >= 0.6 is 11.6 Å². The number of halogens is 1. The number of ether oxygens (including phenoxy) is 1. The molecular formula is C14H15ClN2O. The molecular weight excluding hydrogens is 248 g/mol. The summed E-state index contributed by atoms with van der Waals surface area (Å²) in [7, 11) is 3.54. The summed E-state index contributed by atoms with van der Waals surface area (Å²) in [6, 6.07) is 9.69. The number of nitrogens with zero attached hydrogens (tertiary/aromatic N) is 1. The molecule has 2 rings (SSSR count). The highest BCUT2D eigenvalue weighted by atomic mass is 35.5. The van der Waals surface area contributed by atoms with Crippen molar-refractivity contribution in [3.8, 4) is 5.75 Å². The molecule has 2 aromatic rings. The number of hydrogen-bond donors (Lipinski definition) is 1. The molecule has 1 aromatic heterocycles. The van der Waals surface area contributed by atoms with E-state index in [9.17, 15) is 0 Å². The van der Waals surface area contributed by atoms with Gasteiger partial charge in [0.15, 0.2) is 0 Å². The zero-order valence-corrected chi connectivity index (χ0v) is 11.1. The summed E-state index contributed by atoms with van der Waals surface area (Å²) in [4.78, 5) is 4.06. The summed E-state index contributed by atoms with van der Waals surface area (Å²) >= 11 is 6.25. The maximum atomic E-state index is 6.25. The van der Waals surface area contributed by atoms with E-state index in [0.717, 1.165) is 21.9 Å². The molecule has 18 heavy (non-hydrogen) atoms. The minimum absolute atomic E-state index is 0.0170. The van der Waals surface area contributed by atoms with Crippen LogP contribution in [-0.4, -0.2) is 19.1 Å². The molecule has 0 spiro atoms. The number of nitrogens with one attached hydrogen (secondary N) is 1. The number of methoxy groups -OCH3 is 1. The van der Waals surface area contributed by atoms with Gasteiger partial charge in [0.1, 0.15) is 5.75 Å². The molecule has 0 aliphatic heterocycles. The van der Waals surface area contributed by atoms with Gasteiger partial charge in [0.25, 0.3) is 0 Å². The number of hydrogen-bond acceptors (Lipinski definition) is 3. The van der Waals surface area contributed by atoms with Crippen LogP contribution in [0.3, 0.4) is 0 Å². The van der Waals surface area contributed by atoms with Crippen molar-refractivity contribution in [1.29, 1.82) is 0 Å². The van der Waals surface area contributed by atoms with E-state index >= 15 is 0 Å². The molecule has 4 heteroatoms. The number of pyridine rings is 1. The second kappa shape index (κ2) is 5.85. The summed E-state index contributed by atoms with van der Waals surface area (Å²) in [6.07, 6.45) is 3.45. The zero-order chi connectivity index (χ0) is 13.0. The minimum Gasteiger partial charge on any atom is -0.495 e. The van der Waals surface area contributed by atoms with Crippen molar-refractivity contribution in [2.75, 3.05) is 14.2 Å². The van der Waals surface area contributed by atoms with Crippen molar-refractivity contribution in [3.05, 3.63) is 58.9 Å². The van der Waals surface area contributed by atoms with Crippen LogP contribution in [0.5, 0.6) is 5.75 Å². The van der Waals surface area contributed by atoms with Gasteiger partial charge >= 0.3 is 0 Å². The maximum absolute atomic E-state index is 6.25. The molecule has 0 aliphatic rings. The lowest BCUT2D eigenvalue weighted by atomic mass is 9.99. The largest absolute Gasteiger partial charge is 0.495 e. The topological polar surface area (TPSA) is 34.2 Å². The first-order chi connectivity index (χ1) is 8.77. The quantitative estimate of drug-likeness (QED) is 0.920. The summed E-state index contributed by atoms with van der Waals surface area (Å²) in [5, 5.41) is 3.99. The van der Waals surface area contributed by atoms with E-state index in [4.69, 9.17) is 16.3 Å². The van der Waals surface area contributed by atoms with Gasteiger partial charge in [-0.15, -0.1) is 0 Å². The van der Waals surface area contributed by atoms with E-state index in [2.05, 4.69) is 10.3 Å². The van der Waals surface area contributed by atoms with Crippen molar-refractivity contribution >= 4 is 11.6 Å². The van der Waals surface area contributed by atoms with Crippen LogP contribution in [0.1, 0.15) is 17.2 Å². The Balaban J connectivity index is 2.49. The highest BCUT2D eigenvalue weighted by Gasteiger charge is 2.18. The van der Waals surface area contributed by atoms with Gasteiger partial charge < -0.3 is 10.1 Å². The van der Waals surface area contributed by atoms with Gasteiger partial charge in [-0.2, -0.15) is 0 Å². The van der Waals surface area contributed by atoms with Crippen LogP contribution in [0.4, 0.5) is 0 Å². The van der Waals surface area contributed by atoms with Crippen molar-refractivity contribution in [1.82, 2.24) is 10.3 Å². The fraction of sp³-hybridized carbons (Fsp3) is 0.214. The number of aromatic nitrogens is 1. The van der Waals surface area contributed by atoms with Gasteiger partial charge in [-0.3, -0.25) is 4.98 Å². The number of benzene rings is 1. The predicted octanol–water partition coefficient (Wildman–Crippen LogP) is 3.05. The predicted molar refractivity (Wildman–Crippen MR) is 73.1 cm³/mol. The van der Waals surface area contributed by atoms with Gasteiger partial charge in [-0.05, 0) is 24.7 Å². The third kappa shape index (κ3) is 2.47. The van der Waals surface area contributed by atoms with E-state index in [0.29, 0.717) is 0 Å². The lowest BCUT2D eigenvalue weighted by Crippen LogP contribution is -2.18. The SMILES string of the molecule is CNC(c1ccccc1Cl)c1ccncc1OC. The maximum Gasteiger partial charge on any atom is 0.142 e. The molecule has 0 fully saturated rings. The second-order valence-corrected chi connectivity index (χ2v) is 4.27. The molecule has 0 saturated heterocycles. The Morgan fingerprint density at radius 1 is 1.22 bits per heavy atom. The normalized spacial score (nSPS) is 12.2. The highest BCUT2D eigenvalue weighted by molar-refractivity contribution is 6.31. The Bertz CT molecular complexity index is 531. The second-order valence-electron chi connectivity index (χ2n) is 3.86. The summed E-state index contributed by atoms with van der Waals surface area (Å²) in [6.45, 7) is 0. The van der Waals surface area contributed by atoms with E-state index in [-0.39, 0.29) is 6.04 Å². The van der Waals surface area contributed by atoms with E-state index in [1.54, 1.807) is 19.5 Å². The number of rotatable bonds is 4. The first-order valence-corrected chi connectivity index (χ1v) is 6.05.